The zero-order valence-corrected chi connectivity index (χ0v) is 26.6. The van der Waals surface area contributed by atoms with Gasteiger partial charge in [0, 0.05) is 69.9 Å². The fourth-order valence-electron chi connectivity index (χ4n) is 6.59. The number of fused-ring (bicyclic) bond motifs is 20. The summed E-state index contributed by atoms with van der Waals surface area (Å²) in [5.41, 5.74) is 15.0. The molecule has 5 heterocycles. The quantitative estimate of drug-likeness (QED) is 0.116. The van der Waals surface area contributed by atoms with Crippen LogP contribution in [0.1, 0.15) is 0 Å². The van der Waals surface area contributed by atoms with E-state index in [4.69, 9.17) is 35.6 Å². The third kappa shape index (κ3) is 4.28. The summed E-state index contributed by atoms with van der Waals surface area (Å²) in [5.74, 6) is 2.28. The van der Waals surface area contributed by atoms with Crippen molar-refractivity contribution < 1.29 is 20.4 Å². The first-order chi connectivity index (χ1) is 23.2. The van der Waals surface area contributed by atoms with E-state index < -0.39 is 0 Å². The maximum absolute atomic E-state index is 6.05. The van der Waals surface area contributed by atoms with Crippen LogP contribution in [0.4, 0.5) is 5.69 Å². The van der Waals surface area contributed by atoms with Crippen molar-refractivity contribution in [2.45, 2.75) is 0 Å². The average molecular weight is 712 g/mol. The van der Waals surface area contributed by atoms with Crippen molar-refractivity contribution in [3.05, 3.63) is 115 Å². The fraction of sp³-hybridized carbons (Fsp3) is 0. The Balaban J connectivity index is 0.00000314. The van der Waals surface area contributed by atoms with Crippen molar-refractivity contribution in [2.75, 3.05) is 5.73 Å². The molecule has 230 valence electrons. The summed E-state index contributed by atoms with van der Waals surface area (Å²) < 4.78 is 0. The standard InChI is InChI=1S/C38H23N9.Pd/c39-21-18-16-20(17-19-21)22-14-7-15-29-30(22)38-46-36-28-13-6-5-12-27(28)34(44-36)42-32-24-9-2-1-8-23(24)31(40-32)41-33-25-10-3-4-11-26(25)35(43-33)45-37(29)47-38;/h1-19H,39H2,(H2,40,41,42,43,44,45,46,47);. The van der Waals surface area contributed by atoms with Gasteiger partial charge in [0.2, 0.25) is 0 Å². The monoisotopic (exact) mass is 711 g/mol. The molecule has 0 unspecified atom stereocenters. The summed E-state index contributed by atoms with van der Waals surface area (Å²) in [4.78, 5) is 37.5. The van der Waals surface area contributed by atoms with Gasteiger partial charge in [-0.1, -0.05) is 103 Å². The average Bonchev–Trinajstić information content (AvgIpc) is 3.84. The molecule has 10 rings (SSSR count). The molecule has 2 aliphatic rings. The minimum Gasteiger partial charge on any atom is -0.399 e. The van der Waals surface area contributed by atoms with Crippen molar-refractivity contribution >= 4 is 49.8 Å². The van der Waals surface area contributed by atoms with Crippen LogP contribution >= 0.6 is 0 Å². The van der Waals surface area contributed by atoms with Gasteiger partial charge in [-0.3, -0.25) is 0 Å². The molecule has 0 amide bonds. The van der Waals surface area contributed by atoms with Crippen LogP contribution in [0.15, 0.2) is 115 Å². The Hall–Kier alpha value is -6.08. The van der Waals surface area contributed by atoms with Crippen molar-refractivity contribution in [1.82, 2.24) is 39.9 Å². The van der Waals surface area contributed by atoms with Crippen LogP contribution in [-0.4, -0.2) is 39.9 Å². The molecule has 0 fully saturated rings. The number of H-pyrrole nitrogens is 2. The maximum Gasteiger partial charge on any atom is 0.164 e. The molecule has 0 radical (unpaired) electrons. The molecule has 9 nitrogen and oxygen atoms in total. The van der Waals surface area contributed by atoms with Gasteiger partial charge in [-0.15, -0.1) is 0 Å². The summed E-state index contributed by atoms with van der Waals surface area (Å²) in [7, 11) is 0. The number of aromatic amines is 2. The van der Waals surface area contributed by atoms with E-state index in [1.165, 1.54) is 0 Å². The number of nitrogens with zero attached hydrogens (tertiary/aromatic N) is 6. The van der Waals surface area contributed by atoms with Gasteiger partial charge in [0.05, 0.1) is 0 Å². The van der Waals surface area contributed by atoms with Crippen molar-refractivity contribution in [1.29, 1.82) is 0 Å². The van der Waals surface area contributed by atoms with Gasteiger partial charge < -0.3 is 15.7 Å². The third-order valence-electron chi connectivity index (χ3n) is 8.80. The van der Waals surface area contributed by atoms with Crippen molar-refractivity contribution in [3.63, 3.8) is 0 Å². The van der Waals surface area contributed by atoms with Crippen LogP contribution in [-0.2, 0) is 20.4 Å². The largest absolute Gasteiger partial charge is 0.399 e. The Morgan fingerprint density at radius 2 is 0.771 bits per heavy atom. The Bertz CT molecular complexity index is 2760. The van der Waals surface area contributed by atoms with E-state index in [9.17, 15) is 0 Å². The molecular weight excluding hydrogens is 689 g/mol. The molecule has 5 aromatic carbocycles. The molecule has 8 aromatic rings. The molecule has 0 atom stereocenters. The van der Waals surface area contributed by atoms with Crippen molar-refractivity contribution in [2.24, 2.45) is 0 Å². The van der Waals surface area contributed by atoms with Gasteiger partial charge in [0.1, 0.15) is 22.6 Å². The summed E-state index contributed by atoms with van der Waals surface area (Å²) in [6.07, 6.45) is 0. The predicted molar refractivity (Wildman–Crippen MR) is 186 cm³/mol. The van der Waals surface area contributed by atoms with E-state index in [-0.39, 0.29) is 20.4 Å². The van der Waals surface area contributed by atoms with E-state index >= 15 is 0 Å². The molecule has 2 aliphatic heterocycles. The second kappa shape index (κ2) is 10.7. The van der Waals surface area contributed by atoms with Gasteiger partial charge in [0.25, 0.3) is 0 Å². The smallest absolute Gasteiger partial charge is 0.164 e. The van der Waals surface area contributed by atoms with Gasteiger partial charge in [-0.25, -0.2) is 29.9 Å². The molecule has 4 N–H and O–H groups in total. The topological polar surface area (TPSA) is 135 Å². The van der Waals surface area contributed by atoms with E-state index in [1.54, 1.807) is 0 Å². The molecule has 3 aromatic heterocycles. The van der Waals surface area contributed by atoms with Crippen LogP contribution in [0, 0.1) is 0 Å². The van der Waals surface area contributed by atoms with Crippen LogP contribution in [0.5, 0.6) is 0 Å². The maximum atomic E-state index is 6.05. The van der Waals surface area contributed by atoms with Crippen LogP contribution in [0.25, 0.3) is 101 Å². The minimum atomic E-state index is 0. The Morgan fingerprint density at radius 3 is 1.29 bits per heavy atom. The Kier molecular flexibility index (Phi) is 6.30. The predicted octanol–water partition coefficient (Wildman–Crippen LogP) is 8.12. The SMILES string of the molecule is Nc1ccc(-c2cccc3c4nc5nc(nc6[nH]c(nc7nc(nc([nH]4)c23)-c2ccccc2-7)c2ccccc62)-c2ccccc2-5)cc1.[Pd]. The van der Waals surface area contributed by atoms with Gasteiger partial charge in [0.15, 0.2) is 23.3 Å². The van der Waals surface area contributed by atoms with E-state index in [0.717, 1.165) is 54.9 Å². The number of hydrogen-bond acceptors (Lipinski definition) is 7. The zero-order valence-electron chi connectivity index (χ0n) is 25.0. The summed E-state index contributed by atoms with van der Waals surface area (Å²) in [6.45, 7) is 0. The fourth-order valence-corrected chi connectivity index (χ4v) is 6.59. The zero-order chi connectivity index (χ0) is 31.1. The van der Waals surface area contributed by atoms with E-state index in [2.05, 4.69) is 22.1 Å². The van der Waals surface area contributed by atoms with Crippen LogP contribution < -0.4 is 5.73 Å². The molecule has 0 saturated carbocycles. The van der Waals surface area contributed by atoms with E-state index in [1.807, 2.05) is 103 Å². The normalized spacial score (nSPS) is 11.7. The number of benzene rings is 5. The number of nitrogen functional groups attached to an aromatic ring is 1. The summed E-state index contributed by atoms with van der Waals surface area (Å²) >= 11 is 0. The summed E-state index contributed by atoms with van der Waals surface area (Å²) in [6, 6.07) is 38.2. The van der Waals surface area contributed by atoms with Crippen LogP contribution in [0.2, 0.25) is 0 Å². The number of anilines is 1. The van der Waals surface area contributed by atoms with Gasteiger partial charge in [-0.05, 0) is 23.3 Å². The minimum absolute atomic E-state index is 0. The number of rotatable bonds is 1. The molecule has 0 saturated heterocycles. The van der Waals surface area contributed by atoms with Crippen molar-refractivity contribution in [3.8, 4) is 56.7 Å². The number of nitrogens with one attached hydrogen (secondary N) is 2. The molecule has 10 heteroatoms. The Morgan fingerprint density at radius 1 is 0.375 bits per heavy atom. The van der Waals surface area contributed by atoms with Crippen LogP contribution in [0.3, 0.4) is 0 Å². The Labute approximate surface area is 286 Å². The third-order valence-corrected chi connectivity index (χ3v) is 8.80. The number of aromatic nitrogens is 8. The molecule has 8 bridgehead atoms. The molecular formula is C38H23N9Pd. The van der Waals surface area contributed by atoms with Gasteiger partial charge >= 0.3 is 0 Å². The molecule has 0 spiro atoms. The summed E-state index contributed by atoms with van der Waals surface area (Å²) in [5, 5.41) is 3.71. The first-order valence-corrected chi connectivity index (χ1v) is 15.3. The second-order valence-electron chi connectivity index (χ2n) is 11.6. The van der Waals surface area contributed by atoms with E-state index in [0.29, 0.717) is 51.6 Å². The molecule has 48 heavy (non-hydrogen) atoms. The number of hydrogen-bond donors (Lipinski definition) is 3. The van der Waals surface area contributed by atoms with Gasteiger partial charge in [-0.2, -0.15) is 0 Å². The number of nitrogens with two attached hydrogens (primary N) is 1. The first-order valence-electron chi connectivity index (χ1n) is 15.3. The first kappa shape index (κ1) is 28.2. The second-order valence-corrected chi connectivity index (χ2v) is 11.6. The molecule has 0 aliphatic carbocycles.